The van der Waals surface area contributed by atoms with E-state index in [1.54, 1.807) is 11.7 Å². The van der Waals surface area contributed by atoms with Crippen LogP contribution in [0.5, 0.6) is 0 Å². The Morgan fingerprint density at radius 2 is 2.12 bits per heavy atom. The molecule has 1 rings (SSSR count). The van der Waals surface area contributed by atoms with E-state index in [-0.39, 0.29) is 30.3 Å². The number of halogens is 1. The number of amides is 1. The standard InChI is InChI=1S/C11H20N4O.ClH/c1-11(2,3)6-8-5-9(15(4)14-8)13-10(16)7-12;/h5H,6-7,12H2,1-4H3,(H,13,16);1H. The summed E-state index contributed by atoms with van der Waals surface area (Å²) in [4.78, 5) is 11.2. The first-order chi connectivity index (χ1) is 7.31. The second-order valence-electron chi connectivity index (χ2n) is 5.13. The number of rotatable bonds is 3. The lowest BCUT2D eigenvalue weighted by atomic mass is 9.91. The molecule has 0 bridgehead atoms. The third kappa shape index (κ3) is 5.19. The van der Waals surface area contributed by atoms with Gasteiger partial charge in [0.05, 0.1) is 12.2 Å². The van der Waals surface area contributed by atoms with Crippen LogP contribution in [-0.4, -0.2) is 22.2 Å². The van der Waals surface area contributed by atoms with Crippen molar-refractivity contribution in [3.8, 4) is 0 Å². The third-order valence-electron chi connectivity index (χ3n) is 2.09. The molecule has 1 aromatic rings. The molecule has 0 atom stereocenters. The average molecular weight is 261 g/mol. The molecule has 0 saturated carbocycles. The highest BCUT2D eigenvalue weighted by atomic mass is 35.5. The molecule has 0 saturated heterocycles. The van der Waals surface area contributed by atoms with Crippen LogP contribution in [0, 0.1) is 5.41 Å². The van der Waals surface area contributed by atoms with Gasteiger partial charge in [-0.15, -0.1) is 12.4 Å². The number of anilines is 1. The van der Waals surface area contributed by atoms with E-state index in [0.29, 0.717) is 5.82 Å². The smallest absolute Gasteiger partial charge is 0.239 e. The Hall–Kier alpha value is -1.07. The minimum atomic E-state index is -0.203. The molecule has 3 N–H and O–H groups in total. The summed E-state index contributed by atoms with van der Waals surface area (Å²) >= 11 is 0. The lowest BCUT2D eigenvalue weighted by Gasteiger charge is -2.15. The second-order valence-corrected chi connectivity index (χ2v) is 5.13. The van der Waals surface area contributed by atoms with Crippen LogP contribution >= 0.6 is 12.4 Å². The van der Waals surface area contributed by atoms with Crippen molar-refractivity contribution in [3.05, 3.63) is 11.8 Å². The summed E-state index contributed by atoms with van der Waals surface area (Å²) in [6.45, 7) is 6.44. The Bertz CT molecular complexity index is 381. The highest BCUT2D eigenvalue weighted by Gasteiger charge is 2.15. The lowest BCUT2D eigenvalue weighted by molar-refractivity contribution is -0.114. The summed E-state index contributed by atoms with van der Waals surface area (Å²) in [7, 11) is 1.80. The van der Waals surface area contributed by atoms with Crippen molar-refractivity contribution >= 4 is 24.1 Å². The maximum Gasteiger partial charge on any atom is 0.239 e. The van der Waals surface area contributed by atoms with Crippen LogP contribution in [0.25, 0.3) is 0 Å². The van der Waals surface area contributed by atoms with Crippen molar-refractivity contribution in [2.45, 2.75) is 27.2 Å². The van der Waals surface area contributed by atoms with Gasteiger partial charge in [-0.05, 0) is 11.8 Å². The fourth-order valence-electron chi connectivity index (χ4n) is 1.47. The Labute approximate surface area is 108 Å². The number of nitrogens with zero attached hydrogens (tertiary/aromatic N) is 2. The molecular weight excluding hydrogens is 240 g/mol. The van der Waals surface area contributed by atoms with Gasteiger partial charge in [-0.3, -0.25) is 9.48 Å². The van der Waals surface area contributed by atoms with E-state index in [0.717, 1.165) is 12.1 Å². The molecule has 17 heavy (non-hydrogen) atoms. The molecule has 0 aliphatic heterocycles. The highest BCUT2D eigenvalue weighted by Crippen LogP contribution is 2.21. The molecule has 0 aliphatic carbocycles. The number of hydrogen-bond donors (Lipinski definition) is 2. The van der Waals surface area contributed by atoms with Crippen molar-refractivity contribution in [3.63, 3.8) is 0 Å². The Morgan fingerprint density at radius 3 is 2.59 bits per heavy atom. The monoisotopic (exact) mass is 260 g/mol. The second kappa shape index (κ2) is 6.02. The van der Waals surface area contributed by atoms with Gasteiger partial charge in [0.15, 0.2) is 0 Å². The first-order valence-electron chi connectivity index (χ1n) is 5.34. The molecule has 0 aliphatic rings. The number of carbonyl (C=O) groups excluding carboxylic acids is 1. The lowest BCUT2D eigenvalue weighted by Crippen LogP contribution is -2.23. The number of hydrogen-bond acceptors (Lipinski definition) is 3. The molecule has 0 unspecified atom stereocenters. The quantitative estimate of drug-likeness (QED) is 0.861. The molecule has 0 spiro atoms. The summed E-state index contributed by atoms with van der Waals surface area (Å²) in [5.41, 5.74) is 6.40. The minimum absolute atomic E-state index is 0. The topological polar surface area (TPSA) is 72.9 Å². The van der Waals surface area contributed by atoms with E-state index in [2.05, 4.69) is 31.2 Å². The number of aromatic nitrogens is 2. The van der Waals surface area contributed by atoms with Crippen LogP contribution < -0.4 is 11.1 Å². The summed E-state index contributed by atoms with van der Waals surface area (Å²) in [6, 6.07) is 1.89. The fourth-order valence-corrected chi connectivity index (χ4v) is 1.47. The molecule has 0 fully saturated rings. The zero-order valence-corrected chi connectivity index (χ0v) is 11.6. The maximum absolute atomic E-state index is 11.2. The Kier molecular flexibility index (Phi) is 5.64. The molecular formula is C11H21ClN4O. The van der Waals surface area contributed by atoms with Crippen LogP contribution in [0.1, 0.15) is 26.5 Å². The highest BCUT2D eigenvalue weighted by molar-refractivity contribution is 5.91. The Morgan fingerprint density at radius 1 is 1.53 bits per heavy atom. The number of nitrogens with one attached hydrogen (secondary N) is 1. The summed E-state index contributed by atoms with van der Waals surface area (Å²) in [5, 5.41) is 7.05. The van der Waals surface area contributed by atoms with Crippen molar-refractivity contribution in [1.29, 1.82) is 0 Å². The molecule has 98 valence electrons. The van der Waals surface area contributed by atoms with Gasteiger partial charge < -0.3 is 11.1 Å². The summed E-state index contributed by atoms with van der Waals surface area (Å²) < 4.78 is 1.66. The minimum Gasteiger partial charge on any atom is -0.322 e. The van der Waals surface area contributed by atoms with Gasteiger partial charge in [-0.1, -0.05) is 20.8 Å². The maximum atomic E-state index is 11.2. The molecule has 0 radical (unpaired) electrons. The molecule has 1 heterocycles. The van der Waals surface area contributed by atoms with Gasteiger partial charge >= 0.3 is 0 Å². The molecule has 1 amide bonds. The van der Waals surface area contributed by atoms with Gasteiger partial charge in [0.2, 0.25) is 5.91 Å². The van der Waals surface area contributed by atoms with E-state index in [9.17, 15) is 4.79 Å². The molecule has 0 aromatic carbocycles. The number of aryl methyl sites for hydroxylation is 1. The Balaban J connectivity index is 0.00000256. The van der Waals surface area contributed by atoms with E-state index in [1.165, 1.54) is 0 Å². The summed E-state index contributed by atoms with van der Waals surface area (Å²) in [6.07, 6.45) is 0.874. The van der Waals surface area contributed by atoms with Crippen LogP contribution in [-0.2, 0) is 18.3 Å². The van der Waals surface area contributed by atoms with Crippen molar-refractivity contribution < 1.29 is 4.79 Å². The zero-order valence-electron chi connectivity index (χ0n) is 10.8. The summed E-state index contributed by atoms with van der Waals surface area (Å²) in [5.74, 6) is 0.486. The van der Waals surface area contributed by atoms with Crippen LogP contribution in [0.4, 0.5) is 5.82 Å². The van der Waals surface area contributed by atoms with Gasteiger partial charge in [-0.2, -0.15) is 5.10 Å². The van der Waals surface area contributed by atoms with Gasteiger partial charge in [0.25, 0.3) is 0 Å². The van der Waals surface area contributed by atoms with Crippen LogP contribution in [0.15, 0.2) is 6.07 Å². The first-order valence-corrected chi connectivity index (χ1v) is 5.34. The predicted molar refractivity (Wildman–Crippen MR) is 71.3 cm³/mol. The van der Waals surface area contributed by atoms with Gasteiger partial charge in [0.1, 0.15) is 5.82 Å². The van der Waals surface area contributed by atoms with Crippen LogP contribution in [0.2, 0.25) is 0 Å². The number of nitrogens with two attached hydrogens (primary N) is 1. The first kappa shape index (κ1) is 15.9. The molecule has 5 nitrogen and oxygen atoms in total. The van der Waals surface area contributed by atoms with E-state index in [1.807, 2.05) is 6.07 Å². The van der Waals surface area contributed by atoms with Gasteiger partial charge in [-0.25, -0.2) is 0 Å². The van der Waals surface area contributed by atoms with E-state index >= 15 is 0 Å². The predicted octanol–water partition coefficient (Wildman–Crippen LogP) is 1.33. The number of carbonyl (C=O) groups is 1. The van der Waals surface area contributed by atoms with Crippen molar-refractivity contribution in [2.75, 3.05) is 11.9 Å². The third-order valence-corrected chi connectivity index (χ3v) is 2.09. The van der Waals surface area contributed by atoms with E-state index in [4.69, 9.17) is 5.73 Å². The van der Waals surface area contributed by atoms with Crippen molar-refractivity contribution in [1.82, 2.24) is 9.78 Å². The van der Waals surface area contributed by atoms with Gasteiger partial charge in [0, 0.05) is 13.1 Å². The largest absolute Gasteiger partial charge is 0.322 e. The van der Waals surface area contributed by atoms with Crippen LogP contribution in [0.3, 0.4) is 0 Å². The zero-order chi connectivity index (χ0) is 12.3. The SMILES string of the molecule is Cl.Cn1nc(CC(C)(C)C)cc1NC(=O)CN. The normalized spacial score (nSPS) is 10.9. The van der Waals surface area contributed by atoms with Crippen molar-refractivity contribution in [2.24, 2.45) is 18.2 Å². The fraction of sp³-hybridized carbons (Fsp3) is 0.636. The van der Waals surface area contributed by atoms with E-state index < -0.39 is 0 Å². The average Bonchev–Trinajstić information content (AvgIpc) is 2.43. The molecule has 6 heteroatoms. The molecule has 1 aromatic heterocycles.